The molecule has 31 heavy (non-hydrogen) atoms. The van der Waals surface area contributed by atoms with Crippen LogP contribution in [0.25, 0.3) is 0 Å². The second-order valence-electron chi connectivity index (χ2n) is 7.20. The standard InChI is InChI=1S/C21H22I2N2O5S/c1-12-10-24-13(2)21(12)31(28,29)25-15(11-26)7-14-8-18(22)20(19(23)9-14)30-17-5-3-16(27)4-6-17/h3-6,8-9,15,25-27H,7,10-11H2,1-2H3/t15-/m0/s1. The van der Waals surface area contributed by atoms with E-state index in [0.717, 1.165) is 12.7 Å². The summed E-state index contributed by atoms with van der Waals surface area (Å²) in [5, 5.41) is 19.2. The number of nitrogens with one attached hydrogen (secondary N) is 1. The van der Waals surface area contributed by atoms with Gasteiger partial charge in [0.05, 0.1) is 26.0 Å². The molecule has 166 valence electrons. The van der Waals surface area contributed by atoms with Gasteiger partial charge in [0.1, 0.15) is 16.4 Å². The van der Waals surface area contributed by atoms with Gasteiger partial charge >= 0.3 is 0 Å². The Kier molecular flexibility index (Phi) is 8.00. The summed E-state index contributed by atoms with van der Waals surface area (Å²) in [5.41, 5.74) is 2.05. The number of benzene rings is 2. The molecule has 0 unspecified atom stereocenters. The SMILES string of the molecule is CC1=NCC(C)=C1S(=O)(=O)N[C@H](CO)Cc1cc(I)c(Oc2ccc(O)cc2)c(I)c1. The van der Waals surface area contributed by atoms with E-state index in [4.69, 9.17) is 4.74 Å². The average molecular weight is 668 g/mol. The van der Waals surface area contributed by atoms with Gasteiger partial charge in [-0.05, 0) is 113 Å². The summed E-state index contributed by atoms with van der Waals surface area (Å²) in [7, 11) is -3.77. The molecule has 3 N–H and O–H groups in total. The molecule has 0 saturated carbocycles. The number of rotatable bonds is 8. The highest BCUT2D eigenvalue weighted by atomic mass is 127. The van der Waals surface area contributed by atoms with Crippen molar-refractivity contribution < 1.29 is 23.4 Å². The van der Waals surface area contributed by atoms with E-state index in [1.165, 1.54) is 0 Å². The lowest BCUT2D eigenvalue weighted by molar-refractivity contribution is 0.256. The van der Waals surface area contributed by atoms with Crippen LogP contribution in [0.2, 0.25) is 0 Å². The molecule has 0 bridgehead atoms. The smallest absolute Gasteiger partial charge is 0.242 e. The highest BCUT2D eigenvalue weighted by Gasteiger charge is 2.29. The number of phenols is 1. The molecule has 7 nitrogen and oxygen atoms in total. The number of aromatic hydroxyl groups is 1. The first kappa shape index (κ1) is 24.4. The molecular weight excluding hydrogens is 646 g/mol. The van der Waals surface area contributed by atoms with Crippen LogP contribution in [0.5, 0.6) is 17.2 Å². The van der Waals surface area contributed by atoms with E-state index in [-0.39, 0.29) is 17.3 Å². The summed E-state index contributed by atoms with van der Waals surface area (Å²) in [5.74, 6) is 1.43. The monoisotopic (exact) mass is 668 g/mol. The maximum Gasteiger partial charge on any atom is 0.242 e. The zero-order valence-corrected chi connectivity index (χ0v) is 22.0. The Labute approximate surface area is 209 Å². The predicted molar refractivity (Wildman–Crippen MR) is 137 cm³/mol. The fraction of sp³-hybridized carbons (Fsp3) is 0.286. The Morgan fingerprint density at radius 3 is 2.29 bits per heavy atom. The molecule has 0 amide bonds. The van der Waals surface area contributed by atoms with Crippen LogP contribution in [0.15, 0.2) is 51.9 Å². The number of sulfonamides is 1. The number of halogens is 2. The van der Waals surface area contributed by atoms with Gasteiger partial charge in [-0.2, -0.15) is 0 Å². The Morgan fingerprint density at radius 2 is 1.77 bits per heavy atom. The van der Waals surface area contributed by atoms with Gasteiger partial charge in [-0.15, -0.1) is 0 Å². The number of hydrogen-bond donors (Lipinski definition) is 3. The summed E-state index contributed by atoms with van der Waals surface area (Å²) in [6.45, 7) is 3.47. The fourth-order valence-corrected chi connectivity index (χ4v) is 7.09. The van der Waals surface area contributed by atoms with Gasteiger partial charge in [-0.3, -0.25) is 4.99 Å². The lowest BCUT2D eigenvalue weighted by atomic mass is 10.1. The van der Waals surface area contributed by atoms with E-state index >= 15 is 0 Å². The van der Waals surface area contributed by atoms with E-state index in [9.17, 15) is 18.6 Å². The largest absolute Gasteiger partial charge is 0.508 e. The van der Waals surface area contributed by atoms with E-state index in [0.29, 0.717) is 35.7 Å². The minimum absolute atomic E-state index is 0.162. The average Bonchev–Trinajstić information content (AvgIpc) is 3.04. The van der Waals surface area contributed by atoms with Crippen molar-refractivity contribution in [1.82, 2.24) is 4.72 Å². The first-order valence-corrected chi connectivity index (χ1v) is 13.0. The van der Waals surface area contributed by atoms with E-state index < -0.39 is 16.1 Å². The third-order valence-electron chi connectivity index (χ3n) is 4.68. The first-order valence-electron chi connectivity index (χ1n) is 9.40. The lowest BCUT2D eigenvalue weighted by Crippen LogP contribution is -2.40. The number of nitrogens with zero attached hydrogens (tertiary/aromatic N) is 1. The number of hydrogen-bond acceptors (Lipinski definition) is 6. The first-order chi connectivity index (χ1) is 14.6. The van der Waals surface area contributed by atoms with Gasteiger partial charge in [0.15, 0.2) is 5.75 Å². The van der Waals surface area contributed by atoms with Crippen molar-refractivity contribution in [3.63, 3.8) is 0 Å². The number of aliphatic hydroxyl groups excluding tert-OH is 1. The van der Waals surface area contributed by atoms with Crippen LogP contribution < -0.4 is 9.46 Å². The van der Waals surface area contributed by atoms with E-state index in [2.05, 4.69) is 54.9 Å². The maximum absolute atomic E-state index is 12.8. The van der Waals surface area contributed by atoms with Crippen molar-refractivity contribution in [3.05, 3.63) is 59.6 Å². The predicted octanol–water partition coefficient (Wildman–Crippen LogP) is 3.97. The van der Waals surface area contributed by atoms with Gasteiger partial charge in [0, 0.05) is 6.04 Å². The number of aliphatic imine (C=N–C) groups is 1. The third kappa shape index (κ3) is 5.97. The molecule has 2 aromatic carbocycles. The Morgan fingerprint density at radius 1 is 1.16 bits per heavy atom. The van der Waals surface area contributed by atoms with Crippen molar-refractivity contribution in [2.75, 3.05) is 13.2 Å². The molecule has 10 heteroatoms. The maximum atomic E-state index is 12.8. The van der Waals surface area contributed by atoms with Crippen molar-refractivity contribution in [1.29, 1.82) is 0 Å². The molecule has 2 aromatic rings. The highest BCUT2D eigenvalue weighted by Crippen LogP contribution is 2.34. The van der Waals surface area contributed by atoms with Gasteiger partial charge in [-0.1, -0.05) is 0 Å². The van der Waals surface area contributed by atoms with Crippen LogP contribution in [0.1, 0.15) is 19.4 Å². The van der Waals surface area contributed by atoms with Crippen LogP contribution in [-0.4, -0.2) is 43.5 Å². The minimum Gasteiger partial charge on any atom is -0.508 e. The molecule has 0 radical (unpaired) electrons. The zero-order chi connectivity index (χ0) is 22.8. The molecule has 1 aliphatic heterocycles. The zero-order valence-electron chi connectivity index (χ0n) is 16.9. The number of allylic oxidation sites excluding steroid dienone is 1. The Bertz CT molecular complexity index is 1120. The lowest BCUT2D eigenvalue weighted by Gasteiger charge is -2.19. The van der Waals surface area contributed by atoms with Gasteiger partial charge in [0.2, 0.25) is 10.0 Å². The van der Waals surface area contributed by atoms with Gasteiger partial charge < -0.3 is 14.9 Å². The molecule has 0 aromatic heterocycles. The summed E-state index contributed by atoms with van der Waals surface area (Å²) in [6, 6.07) is 9.59. The fourth-order valence-electron chi connectivity index (χ4n) is 3.28. The Hall–Kier alpha value is -1.22. The van der Waals surface area contributed by atoms with Crippen LogP contribution >= 0.6 is 45.2 Å². The Balaban J connectivity index is 1.77. The molecule has 0 aliphatic carbocycles. The van der Waals surface area contributed by atoms with Crippen molar-refractivity contribution in [3.8, 4) is 17.2 Å². The van der Waals surface area contributed by atoms with Crippen LogP contribution in [0, 0.1) is 7.14 Å². The minimum atomic E-state index is -3.77. The highest BCUT2D eigenvalue weighted by molar-refractivity contribution is 14.1. The molecule has 0 spiro atoms. The van der Waals surface area contributed by atoms with Crippen LogP contribution in [0.3, 0.4) is 0 Å². The molecule has 0 saturated heterocycles. The van der Waals surface area contributed by atoms with Crippen LogP contribution in [-0.2, 0) is 16.4 Å². The normalized spacial score (nSPS) is 15.2. The molecule has 1 heterocycles. The summed E-state index contributed by atoms with van der Waals surface area (Å²) >= 11 is 4.33. The summed E-state index contributed by atoms with van der Waals surface area (Å²) in [6.07, 6.45) is 0.323. The molecule has 1 atom stereocenters. The number of aliphatic hydroxyl groups is 1. The summed E-state index contributed by atoms with van der Waals surface area (Å²) in [4.78, 5) is 4.40. The third-order valence-corrected chi connectivity index (χ3v) is 8.10. The van der Waals surface area contributed by atoms with Crippen molar-refractivity contribution in [2.24, 2.45) is 4.99 Å². The topological polar surface area (TPSA) is 108 Å². The van der Waals surface area contributed by atoms with Gasteiger partial charge in [0.25, 0.3) is 0 Å². The molecule has 1 aliphatic rings. The molecular formula is C21H22I2N2O5S. The second kappa shape index (κ2) is 10.1. The van der Waals surface area contributed by atoms with Crippen molar-refractivity contribution in [2.45, 2.75) is 26.3 Å². The van der Waals surface area contributed by atoms with E-state index in [1.54, 1.807) is 38.1 Å². The van der Waals surface area contributed by atoms with Crippen molar-refractivity contribution >= 4 is 60.9 Å². The molecule has 3 rings (SSSR count). The molecule has 0 fully saturated rings. The van der Waals surface area contributed by atoms with E-state index in [1.807, 2.05) is 12.1 Å². The quantitative estimate of drug-likeness (QED) is 0.370. The second-order valence-corrected chi connectivity index (χ2v) is 11.2. The van der Waals surface area contributed by atoms with Gasteiger partial charge in [-0.25, -0.2) is 13.1 Å². The summed E-state index contributed by atoms with van der Waals surface area (Å²) < 4.78 is 35.9. The number of ether oxygens (including phenoxy) is 1. The number of phenolic OH excluding ortho intramolecular Hbond substituents is 1. The van der Waals surface area contributed by atoms with Crippen LogP contribution in [0.4, 0.5) is 0 Å².